The maximum Gasteiger partial charge on any atom is 0.335 e. The molecule has 2 rings (SSSR count). The molecule has 0 saturated heterocycles. The van der Waals surface area contributed by atoms with Crippen molar-refractivity contribution in [2.45, 2.75) is 13.5 Å². The molecule has 0 aliphatic rings. The van der Waals surface area contributed by atoms with Gasteiger partial charge in [0.1, 0.15) is 5.56 Å². The van der Waals surface area contributed by atoms with Crippen molar-refractivity contribution in [3.8, 4) is 0 Å². The summed E-state index contributed by atoms with van der Waals surface area (Å²) >= 11 is 0. The Hall–Kier alpha value is -2.89. The molecule has 0 saturated carbocycles. The van der Waals surface area contributed by atoms with Gasteiger partial charge >= 0.3 is 5.97 Å². The molecule has 1 amide bonds. The lowest BCUT2D eigenvalue weighted by Gasteiger charge is -2.05. The van der Waals surface area contributed by atoms with Crippen LogP contribution in [0.5, 0.6) is 0 Å². The van der Waals surface area contributed by atoms with Crippen molar-refractivity contribution in [3.05, 3.63) is 69.1 Å². The fourth-order valence-corrected chi connectivity index (χ4v) is 1.79. The number of amides is 1. The molecule has 1 aromatic heterocycles. The van der Waals surface area contributed by atoms with Crippen LogP contribution in [0.2, 0.25) is 0 Å². The van der Waals surface area contributed by atoms with Crippen LogP contribution in [-0.4, -0.2) is 22.0 Å². The number of pyridine rings is 1. The van der Waals surface area contributed by atoms with Crippen LogP contribution in [0.1, 0.15) is 32.0 Å². The first-order valence-electron chi connectivity index (χ1n) is 6.27. The highest BCUT2D eigenvalue weighted by molar-refractivity contribution is 5.93. The van der Waals surface area contributed by atoms with E-state index in [9.17, 15) is 14.4 Å². The maximum absolute atomic E-state index is 11.9. The summed E-state index contributed by atoms with van der Waals surface area (Å²) in [4.78, 5) is 37.1. The van der Waals surface area contributed by atoms with E-state index in [4.69, 9.17) is 5.11 Å². The summed E-state index contributed by atoms with van der Waals surface area (Å²) in [6.45, 7) is 1.94. The van der Waals surface area contributed by atoms with Crippen LogP contribution in [0.3, 0.4) is 0 Å². The third kappa shape index (κ3) is 3.56. The zero-order valence-electron chi connectivity index (χ0n) is 11.3. The molecule has 1 aromatic carbocycles. The number of carboxylic acids is 1. The number of carboxylic acid groups (broad SMARTS) is 1. The van der Waals surface area contributed by atoms with E-state index in [0.29, 0.717) is 5.69 Å². The lowest BCUT2D eigenvalue weighted by atomic mass is 10.1. The van der Waals surface area contributed by atoms with Gasteiger partial charge in [-0.15, -0.1) is 0 Å². The minimum Gasteiger partial charge on any atom is -0.478 e. The number of carbonyl (C=O) groups excluding carboxylic acids is 1. The number of aromatic amines is 1. The first-order chi connectivity index (χ1) is 9.97. The van der Waals surface area contributed by atoms with Crippen LogP contribution in [0.25, 0.3) is 0 Å². The van der Waals surface area contributed by atoms with Gasteiger partial charge in [-0.1, -0.05) is 12.1 Å². The van der Waals surface area contributed by atoms with Gasteiger partial charge in [0.05, 0.1) is 5.56 Å². The van der Waals surface area contributed by atoms with Crippen molar-refractivity contribution in [2.75, 3.05) is 0 Å². The Kier molecular flexibility index (Phi) is 4.18. The summed E-state index contributed by atoms with van der Waals surface area (Å²) in [7, 11) is 0. The minimum atomic E-state index is -1.00. The molecule has 0 radical (unpaired) electrons. The first kappa shape index (κ1) is 14.5. The van der Waals surface area contributed by atoms with E-state index in [1.54, 1.807) is 19.1 Å². The predicted molar refractivity (Wildman–Crippen MR) is 76.4 cm³/mol. The number of H-pyrrole nitrogens is 1. The van der Waals surface area contributed by atoms with Crippen molar-refractivity contribution < 1.29 is 14.7 Å². The topological polar surface area (TPSA) is 99.3 Å². The molecule has 108 valence electrons. The molecular formula is C15H14N2O4. The third-order valence-corrected chi connectivity index (χ3v) is 2.96. The summed E-state index contributed by atoms with van der Waals surface area (Å²) in [5, 5.41) is 11.4. The molecule has 0 spiro atoms. The highest BCUT2D eigenvalue weighted by Crippen LogP contribution is 2.04. The lowest BCUT2D eigenvalue weighted by molar-refractivity contribution is 0.0696. The quantitative estimate of drug-likeness (QED) is 0.789. The summed E-state index contributed by atoms with van der Waals surface area (Å²) in [5.41, 5.74) is 1.31. The number of hydrogen-bond acceptors (Lipinski definition) is 3. The SMILES string of the molecule is Cc1cc(=O)c(C(=O)NCc2ccc(C(=O)O)cc2)c[nH]1. The van der Waals surface area contributed by atoms with E-state index < -0.39 is 11.9 Å². The molecule has 2 aromatic rings. The summed E-state index contributed by atoms with van der Waals surface area (Å²) in [6, 6.07) is 7.51. The van der Waals surface area contributed by atoms with E-state index >= 15 is 0 Å². The highest BCUT2D eigenvalue weighted by atomic mass is 16.4. The second kappa shape index (κ2) is 6.04. The Bertz CT molecular complexity index is 732. The van der Waals surface area contributed by atoms with Gasteiger partial charge in [0.25, 0.3) is 5.91 Å². The van der Waals surface area contributed by atoms with E-state index in [-0.39, 0.29) is 23.1 Å². The molecule has 0 unspecified atom stereocenters. The van der Waals surface area contributed by atoms with Crippen molar-refractivity contribution in [3.63, 3.8) is 0 Å². The molecule has 0 aliphatic carbocycles. The van der Waals surface area contributed by atoms with Gasteiger partial charge < -0.3 is 15.4 Å². The zero-order valence-corrected chi connectivity index (χ0v) is 11.3. The van der Waals surface area contributed by atoms with Gasteiger partial charge in [-0.2, -0.15) is 0 Å². The van der Waals surface area contributed by atoms with Gasteiger partial charge in [0.2, 0.25) is 0 Å². The largest absolute Gasteiger partial charge is 0.478 e. The van der Waals surface area contributed by atoms with Gasteiger partial charge in [-0.25, -0.2) is 4.79 Å². The van der Waals surface area contributed by atoms with Crippen LogP contribution in [0.4, 0.5) is 0 Å². The Balaban J connectivity index is 2.04. The molecule has 0 fully saturated rings. The third-order valence-electron chi connectivity index (χ3n) is 2.96. The fraction of sp³-hybridized carbons (Fsp3) is 0.133. The lowest BCUT2D eigenvalue weighted by Crippen LogP contribution is -2.28. The van der Waals surface area contributed by atoms with Gasteiger partial charge in [0.15, 0.2) is 5.43 Å². The van der Waals surface area contributed by atoms with E-state index in [1.807, 2.05) is 0 Å². The van der Waals surface area contributed by atoms with Crippen LogP contribution in [0.15, 0.2) is 41.3 Å². The average molecular weight is 286 g/mol. The van der Waals surface area contributed by atoms with Crippen LogP contribution < -0.4 is 10.7 Å². The average Bonchev–Trinajstić information content (AvgIpc) is 2.45. The highest BCUT2D eigenvalue weighted by Gasteiger charge is 2.10. The van der Waals surface area contributed by atoms with Crippen molar-refractivity contribution in [1.29, 1.82) is 0 Å². The number of carbonyl (C=O) groups is 2. The zero-order chi connectivity index (χ0) is 15.4. The number of aromatic nitrogens is 1. The van der Waals surface area contributed by atoms with E-state index in [1.165, 1.54) is 24.4 Å². The second-order valence-corrected chi connectivity index (χ2v) is 4.58. The number of benzene rings is 1. The Labute approximate surface area is 120 Å². The van der Waals surface area contributed by atoms with Gasteiger partial charge in [-0.05, 0) is 24.6 Å². The smallest absolute Gasteiger partial charge is 0.335 e. The standard InChI is InChI=1S/C15H14N2O4/c1-9-6-13(18)12(8-16-9)14(19)17-7-10-2-4-11(5-3-10)15(20)21/h2-6,8H,7H2,1H3,(H,16,18)(H,17,19)(H,20,21). The molecule has 3 N–H and O–H groups in total. The van der Waals surface area contributed by atoms with Crippen LogP contribution in [-0.2, 0) is 6.54 Å². The molecule has 6 heteroatoms. The summed E-state index contributed by atoms with van der Waals surface area (Å²) < 4.78 is 0. The molecule has 0 aliphatic heterocycles. The van der Waals surface area contributed by atoms with Crippen LogP contribution >= 0.6 is 0 Å². The normalized spacial score (nSPS) is 10.1. The number of rotatable bonds is 4. The molecule has 0 bridgehead atoms. The van der Waals surface area contributed by atoms with Crippen molar-refractivity contribution in [1.82, 2.24) is 10.3 Å². The Morgan fingerprint density at radius 2 is 1.90 bits per heavy atom. The Morgan fingerprint density at radius 3 is 2.48 bits per heavy atom. The number of aryl methyl sites for hydroxylation is 1. The van der Waals surface area contributed by atoms with Gasteiger partial charge in [0, 0.05) is 24.5 Å². The van der Waals surface area contributed by atoms with Crippen molar-refractivity contribution >= 4 is 11.9 Å². The van der Waals surface area contributed by atoms with Crippen LogP contribution in [0, 0.1) is 6.92 Å². The molecule has 1 heterocycles. The minimum absolute atomic E-state index is 0.0442. The fourth-order valence-electron chi connectivity index (χ4n) is 1.79. The van der Waals surface area contributed by atoms with E-state index in [0.717, 1.165) is 5.56 Å². The van der Waals surface area contributed by atoms with Gasteiger partial charge in [-0.3, -0.25) is 9.59 Å². The van der Waals surface area contributed by atoms with Crippen molar-refractivity contribution in [2.24, 2.45) is 0 Å². The summed E-state index contributed by atoms with van der Waals surface area (Å²) in [6.07, 6.45) is 1.38. The number of aromatic carboxylic acids is 1. The maximum atomic E-state index is 11.9. The second-order valence-electron chi connectivity index (χ2n) is 4.58. The number of hydrogen-bond donors (Lipinski definition) is 3. The molecule has 0 atom stereocenters. The monoisotopic (exact) mass is 286 g/mol. The predicted octanol–water partition coefficient (Wildman–Crippen LogP) is 1.31. The first-order valence-corrected chi connectivity index (χ1v) is 6.27. The number of nitrogens with one attached hydrogen (secondary N) is 2. The molecule has 21 heavy (non-hydrogen) atoms. The summed E-state index contributed by atoms with van der Waals surface area (Å²) in [5.74, 6) is -1.48. The molecule has 6 nitrogen and oxygen atoms in total. The van der Waals surface area contributed by atoms with E-state index in [2.05, 4.69) is 10.3 Å². The molecular weight excluding hydrogens is 272 g/mol. The Morgan fingerprint density at radius 1 is 1.24 bits per heavy atom.